The van der Waals surface area contributed by atoms with Crippen LogP contribution in [0.2, 0.25) is 0 Å². The van der Waals surface area contributed by atoms with E-state index >= 15 is 0 Å². The minimum absolute atomic E-state index is 0.170. The summed E-state index contributed by atoms with van der Waals surface area (Å²) < 4.78 is 6.24. The second kappa shape index (κ2) is 6.00. The SMILES string of the molecule is CC(C)=C/C=C/C1(C)Oc2ccc(O)cc2-c2cc(C=O)ccc21. The van der Waals surface area contributed by atoms with Gasteiger partial charge in [-0.05, 0) is 56.7 Å². The molecule has 0 fully saturated rings. The monoisotopic (exact) mass is 320 g/mol. The van der Waals surface area contributed by atoms with Gasteiger partial charge in [-0.25, -0.2) is 0 Å². The number of phenols is 1. The summed E-state index contributed by atoms with van der Waals surface area (Å²) in [6, 6.07) is 10.6. The average molecular weight is 320 g/mol. The standard InChI is InChI=1S/C21H20O3/c1-14(2)5-4-10-21(3)19-8-6-15(13-22)11-17(19)18-12-16(23)7-9-20(18)24-21/h4-13,23H,1-3H3/b10-4+. The van der Waals surface area contributed by atoms with Crippen molar-refractivity contribution in [2.75, 3.05) is 0 Å². The van der Waals surface area contributed by atoms with Crippen LogP contribution >= 0.6 is 0 Å². The second-order valence-electron chi connectivity index (χ2n) is 6.42. The highest BCUT2D eigenvalue weighted by Crippen LogP contribution is 2.47. The lowest BCUT2D eigenvalue weighted by atomic mass is 9.83. The molecule has 1 atom stereocenters. The van der Waals surface area contributed by atoms with Gasteiger partial charge in [0.2, 0.25) is 0 Å². The van der Waals surface area contributed by atoms with Gasteiger partial charge in [0, 0.05) is 16.7 Å². The number of aldehydes is 1. The van der Waals surface area contributed by atoms with E-state index in [2.05, 4.69) is 0 Å². The Balaban J connectivity index is 2.21. The summed E-state index contributed by atoms with van der Waals surface area (Å²) in [5.41, 5.74) is 3.81. The molecule has 3 heteroatoms. The normalized spacial score (nSPS) is 18.5. The lowest BCUT2D eigenvalue weighted by Crippen LogP contribution is -2.30. The molecular formula is C21H20O3. The van der Waals surface area contributed by atoms with E-state index in [1.54, 1.807) is 24.3 Å². The predicted octanol–water partition coefficient (Wildman–Crippen LogP) is 5.00. The van der Waals surface area contributed by atoms with Crippen molar-refractivity contribution in [3.05, 3.63) is 71.3 Å². The molecule has 1 N–H and O–H groups in total. The number of ether oxygens (including phenoxy) is 1. The van der Waals surface area contributed by atoms with Crippen LogP contribution in [0.25, 0.3) is 11.1 Å². The number of hydrogen-bond donors (Lipinski definition) is 1. The largest absolute Gasteiger partial charge is 0.508 e. The quantitative estimate of drug-likeness (QED) is 0.639. The fourth-order valence-corrected chi connectivity index (χ4v) is 2.94. The lowest BCUT2D eigenvalue weighted by Gasteiger charge is -2.35. The number of carbonyl (C=O) groups excluding carboxylic acids is 1. The van der Waals surface area contributed by atoms with Crippen molar-refractivity contribution >= 4 is 6.29 Å². The Morgan fingerprint density at radius 1 is 1.12 bits per heavy atom. The van der Waals surface area contributed by atoms with E-state index < -0.39 is 5.60 Å². The Bertz CT molecular complexity index is 857. The number of hydrogen-bond acceptors (Lipinski definition) is 3. The Labute approximate surface area is 141 Å². The third-order valence-corrected chi connectivity index (χ3v) is 4.13. The molecule has 2 aromatic carbocycles. The van der Waals surface area contributed by atoms with Crippen LogP contribution in [-0.4, -0.2) is 11.4 Å². The third kappa shape index (κ3) is 2.85. The van der Waals surface area contributed by atoms with Gasteiger partial charge in [0.25, 0.3) is 0 Å². The molecule has 0 radical (unpaired) electrons. The highest BCUT2D eigenvalue weighted by atomic mass is 16.5. The van der Waals surface area contributed by atoms with Crippen molar-refractivity contribution in [2.24, 2.45) is 0 Å². The molecule has 3 rings (SSSR count). The molecule has 122 valence electrons. The zero-order chi connectivity index (χ0) is 17.3. The van der Waals surface area contributed by atoms with E-state index in [0.717, 1.165) is 23.0 Å². The zero-order valence-electron chi connectivity index (χ0n) is 14.0. The summed E-state index contributed by atoms with van der Waals surface area (Å²) in [5, 5.41) is 9.83. The van der Waals surface area contributed by atoms with Crippen molar-refractivity contribution in [2.45, 2.75) is 26.4 Å². The van der Waals surface area contributed by atoms with E-state index in [-0.39, 0.29) is 5.75 Å². The van der Waals surface area contributed by atoms with Crippen molar-refractivity contribution in [3.63, 3.8) is 0 Å². The first-order valence-electron chi connectivity index (χ1n) is 7.88. The Morgan fingerprint density at radius 3 is 2.62 bits per heavy atom. The first-order valence-corrected chi connectivity index (χ1v) is 7.88. The number of benzene rings is 2. The van der Waals surface area contributed by atoms with Crippen LogP contribution in [-0.2, 0) is 5.60 Å². The molecule has 24 heavy (non-hydrogen) atoms. The van der Waals surface area contributed by atoms with Crippen molar-refractivity contribution < 1.29 is 14.6 Å². The molecule has 0 saturated carbocycles. The lowest BCUT2D eigenvalue weighted by molar-refractivity contribution is 0.112. The minimum Gasteiger partial charge on any atom is -0.508 e. The van der Waals surface area contributed by atoms with Gasteiger partial charge in [-0.2, -0.15) is 0 Å². The fourth-order valence-electron chi connectivity index (χ4n) is 2.94. The third-order valence-electron chi connectivity index (χ3n) is 4.13. The first-order chi connectivity index (χ1) is 11.4. The van der Waals surface area contributed by atoms with Gasteiger partial charge in [0.15, 0.2) is 5.60 Å². The topological polar surface area (TPSA) is 46.5 Å². The summed E-state index contributed by atoms with van der Waals surface area (Å²) in [6.45, 7) is 6.07. The van der Waals surface area contributed by atoms with Gasteiger partial charge in [-0.3, -0.25) is 4.79 Å². The van der Waals surface area contributed by atoms with Crippen LogP contribution < -0.4 is 4.74 Å². The van der Waals surface area contributed by atoms with Crippen LogP contribution in [0, 0.1) is 0 Å². The van der Waals surface area contributed by atoms with E-state index in [1.807, 2.05) is 51.1 Å². The van der Waals surface area contributed by atoms with E-state index in [1.165, 1.54) is 5.57 Å². The highest BCUT2D eigenvalue weighted by molar-refractivity contribution is 5.84. The molecule has 1 aliphatic rings. The van der Waals surface area contributed by atoms with Gasteiger partial charge < -0.3 is 9.84 Å². The van der Waals surface area contributed by atoms with Gasteiger partial charge in [0.1, 0.15) is 17.8 Å². The summed E-state index contributed by atoms with van der Waals surface area (Å²) >= 11 is 0. The molecular weight excluding hydrogens is 300 g/mol. The number of allylic oxidation sites excluding steroid dienone is 3. The Morgan fingerprint density at radius 2 is 1.92 bits per heavy atom. The molecule has 1 unspecified atom stereocenters. The number of carbonyl (C=O) groups is 1. The summed E-state index contributed by atoms with van der Waals surface area (Å²) in [4.78, 5) is 11.2. The fraction of sp³-hybridized carbons (Fsp3) is 0.190. The molecule has 1 aliphatic heterocycles. The number of fused-ring (bicyclic) bond motifs is 3. The molecule has 0 aromatic heterocycles. The average Bonchev–Trinajstić information content (AvgIpc) is 2.55. The van der Waals surface area contributed by atoms with Crippen LogP contribution in [0.5, 0.6) is 11.5 Å². The van der Waals surface area contributed by atoms with Crippen LogP contribution in [0.4, 0.5) is 0 Å². The molecule has 1 heterocycles. The van der Waals surface area contributed by atoms with Crippen LogP contribution in [0.3, 0.4) is 0 Å². The zero-order valence-corrected chi connectivity index (χ0v) is 14.0. The maximum atomic E-state index is 11.2. The van der Waals surface area contributed by atoms with E-state index in [0.29, 0.717) is 11.3 Å². The number of aromatic hydroxyl groups is 1. The number of rotatable bonds is 3. The van der Waals surface area contributed by atoms with Gasteiger partial charge in [-0.1, -0.05) is 29.9 Å². The van der Waals surface area contributed by atoms with E-state index in [9.17, 15) is 9.90 Å². The van der Waals surface area contributed by atoms with Crippen LogP contribution in [0.1, 0.15) is 36.7 Å². The maximum absolute atomic E-state index is 11.2. The smallest absolute Gasteiger partial charge is 0.150 e. The predicted molar refractivity (Wildman–Crippen MR) is 95.5 cm³/mol. The minimum atomic E-state index is -0.646. The Kier molecular flexibility index (Phi) is 4.02. The molecule has 0 spiro atoms. The Hall–Kier alpha value is -2.81. The summed E-state index contributed by atoms with van der Waals surface area (Å²) in [7, 11) is 0. The van der Waals surface area contributed by atoms with Crippen LogP contribution in [0.15, 0.2) is 60.2 Å². The molecule has 0 aliphatic carbocycles. The van der Waals surface area contributed by atoms with Gasteiger partial charge >= 0.3 is 0 Å². The molecule has 2 aromatic rings. The highest BCUT2D eigenvalue weighted by Gasteiger charge is 2.34. The molecule has 3 nitrogen and oxygen atoms in total. The molecule has 0 saturated heterocycles. The van der Waals surface area contributed by atoms with Gasteiger partial charge in [-0.15, -0.1) is 0 Å². The maximum Gasteiger partial charge on any atom is 0.150 e. The molecule has 0 amide bonds. The summed E-state index contributed by atoms with van der Waals surface area (Å²) in [5.74, 6) is 0.858. The van der Waals surface area contributed by atoms with E-state index in [4.69, 9.17) is 4.74 Å². The summed E-state index contributed by atoms with van der Waals surface area (Å²) in [6.07, 6.45) is 6.85. The first kappa shape index (κ1) is 16.1. The van der Waals surface area contributed by atoms with Crippen molar-refractivity contribution in [1.29, 1.82) is 0 Å². The molecule has 0 bridgehead atoms. The van der Waals surface area contributed by atoms with Crippen molar-refractivity contribution in [3.8, 4) is 22.6 Å². The second-order valence-corrected chi connectivity index (χ2v) is 6.42. The number of phenolic OH excluding ortho intramolecular Hbond substituents is 1. The van der Waals surface area contributed by atoms with Crippen molar-refractivity contribution in [1.82, 2.24) is 0 Å². The van der Waals surface area contributed by atoms with Gasteiger partial charge in [0.05, 0.1) is 0 Å².